The van der Waals surface area contributed by atoms with Crippen molar-refractivity contribution in [3.05, 3.63) is 41.5 Å². The summed E-state index contributed by atoms with van der Waals surface area (Å²) in [6.07, 6.45) is 3.87. The lowest BCUT2D eigenvalue weighted by atomic mass is 9.96. The summed E-state index contributed by atoms with van der Waals surface area (Å²) < 4.78 is 5.11. The van der Waals surface area contributed by atoms with Crippen LogP contribution >= 0.6 is 11.8 Å². The summed E-state index contributed by atoms with van der Waals surface area (Å²) in [4.78, 5) is 17.9. The Hall–Kier alpha value is -1.82. The van der Waals surface area contributed by atoms with E-state index in [1.165, 1.54) is 5.56 Å². The summed E-state index contributed by atoms with van der Waals surface area (Å²) in [6, 6.07) is 8.20. The van der Waals surface area contributed by atoms with Gasteiger partial charge in [0.2, 0.25) is 11.8 Å². The van der Waals surface area contributed by atoms with Gasteiger partial charge in [-0.2, -0.15) is 4.98 Å². The van der Waals surface area contributed by atoms with Crippen LogP contribution in [0.4, 0.5) is 0 Å². The van der Waals surface area contributed by atoms with Crippen molar-refractivity contribution in [3.8, 4) is 0 Å². The second kappa shape index (κ2) is 6.74. The van der Waals surface area contributed by atoms with Gasteiger partial charge in [0, 0.05) is 11.8 Å². The molecule has 23 heavy (non-hydrogen) atoms. The molecular formula is C17H21N3O2S. The molecule has 0 atom stereocenters. The molecule has 0 aliphatic heterocycles. The van der Waals surface area contributed by atoms with Crippen LogP contribution in [0.5, 0.6) is 0 Å². The van der Waals surface area contributed by atoms with Gasteiger partial charge in [0.05, 0.1) is 5.75 Å². The van der Waals surface area contributed by atoms with E-state index in [0.29, 0.717) is 17.5 Å². The van der Waals surface area contributed by atoms with E-state index in [1.54, 1.807) is 18.7 Å². The van der Waals surface area contributed by atoms with E-state index in [9.17, 15) is 4.79 Å². The van der Waals surface area contributed by atoms with Crippen LogP contribution in [0.25, 0.3) is 0 Å². The summed E-state index contributed by atoms with van der Waals surface area (Å²) in [5.74, 6) is 1.55. The average Bonchev–Trinajstić information content (AvgIpc) is 3.17. The molecule has 1 N–H and O–H groups in total. The molecule has 2 aromatic rings. The van der Waals surface area contributed by atoms with Crippen molar-refractivity contribution in [1.29, 1.82) is 0 Å². The number of hydrogen-bond donors (Lipinski definition) is 1. The standard InChI is InChI=1S/C17H21N3O2S/c1-12-5-7-14(8-6-12)23-11-15(21)19-17(9-3-4-10-17)16-18-13(2)22-20-16/h5-8H,3-4,9-11H2,1-2H3,(H,19,21). The fraction of sp³-hybridized carbons (Fsp3) is 0.471. The summed E-state index contributed by atoms with van der Waals surface area (Å²) in [7, 11) is 0. The Morgan fingerprint density at radius 1 is 1.26 bits per heavy atom. The first-order valence-electron chi connectivity index (χ1n) is 7.89. The van der Waals surface area contributed by atoms with Crippen LogP contribution in [0.3, 0.4) is 0 Å². The molecule has 0 saturated heterocycles. The molecule has 1 aliphatic rings. The molecule has 0 spiro atoms. The van der Waals surface area contributed by atoms with E-state index in [4.69, 9.17) is 4.52 Å². The first-order chi connectivity index (χ1) is 11.1. The monoisotopic (exact) mass is 331 g/mol. The second-order valence-electron chi connectivity index (χ2n) is 6.08. The van der Waals surface area contributed by atoms with Crippen LogP contribution in [0.1, 0.15) is 43.0 Å². The number of aromatic nitrogens is 2. The van der Waals surface area contributed by atoms with Gasteiger partial charge in [0.1, 0.15) is 5.54 Å². The van der Waals surface area contributed by atoms with E-state index >= 15 is 0 Å². The number of amides is 1. The van der Waals surface area contributed by atoms with Gasteiger partial charge in [-0.25, -0.2) is 0 Å². The molecule has 5 nitrogen and oxygen atoms in total. The van der Waals surface area contributed by atoms with Gasteiger partial charge in [0.25, 0.3) is 0 Å². The average molecular weight is 331 g/mol. The van der Waals surface area contributed by atoms with Crippen LogP contribution in [0.2, 0.25) is 0 Å². The highest BCUT2D eigenvalue weighted by atomic mass is 32.2. The summed E-state index contributed by atoms with van der Waals surface area (Å²) >= 11 is 1.54. The first kappa shape index (κ1) is 16.1. The Labute approximate surface area is 140 Å². The molecule has 1 fully saturated rings. The van der Waals surface area contributed by atoms with Crippen LogP contribution in [-0.2, 0) is 10.3 Å². The van der Waals surface area contributed by atoms with E-state index in [0.717, 1.165) is 30.6 Å². The van der Waals surface area contributed by atoms with Crippen LogP contribution in [0.15, 0.2) is 33.7 Å². The molecule has 0 bridgehead atoms. The maximum atomic E-state index is 12.4. The molecule has 0 unspecified atom stereocenters. The van der Waals surface area contributed by atoms with Crippen molar-refractivity contribution in [2.75, 3.05) is 5.75 Å². The molecule has 3 rings (SSSR count). The van der Waals surface area contributed by atoms with Gasteiger partial charge in [-0.3, -0.25) is 4.79 Å². The minimum Gasteiger partial charge on any atom is -0.342 e. The Morgan fingerprint density at radius 3 is 2.57 bits per heavy atom. The predicted octanol–water partition coefficient (Wildman–Crippen LogP) is 3.36. The number of thioether (sulfide) groups is 1. The second-order valence-corrected chi connectivity index (χ2v) is 7.12. The number of carbonyl (C=O) groups is 1. The van der Waals surface area contributed by atoms with Gasteiger partial charge in [0.15, 0.2) is 5.82 Å². The molecule has 1 heterocycles. The van der Waals surface area contributed by atoms with Crippen molar-refractivity contribution in [2.24, 2.45) is 0 Å². The van der Waals surface area contributed by atoms with Gasteiger partial charge in [-0.1, -0.05) is 35.7 Å². The molecule has 1 aliphatic carbocycles. The van der Waals surface area contributed by atoms with Gasteiger partial charge in [-0.15, -0.1) is 11.8 Å². The summed E-state index contributed by atoms with van der Waals surface area (Å²) in [6.45, 7) is 3.83. The Bertz CT molecular complexity index is 675. The van der Waals surface area contributed by atoms with E-state index in [1.807, 2.05) is 12.1 Å². The number of carbonyl (C=O) groups excluding carboxylic acids is 1. The molecule has 1 aromatic heterocycles. The largest absolute Gasteiger partial charge is 0.342 e. The van der Waals surface area contributed by atoms with Gasteiger partial charge < -0.3 is 9.84 Å². The van der Waals surface area contributed by atoms with E-state index in [2.05, 4.69) is 34.5 Å². The number of nitrogens with zero attached hydrogens (tertiary/aromatic N) is 2. The van der Waals surface area contributed by atoms with Gasteiger partial charge >= 0.3 is 0 Å². The number of aryl methyl sites for hydroxylation is 2. The third-order valence-corrected chi connectivity index (χ3v) is 5.19. The van der Waals surface area contributed by atoms with E-state index < -0.39 is 5.54 Å². The maximum absolute atomic E-state index is 12.4. The van der Waals surface area contributed by atoms with Crippen molar-refractivity contribution < 1.29 is 9.32 Å². The molecule has 122 valence electrons. The molecule has 6 heteroatoms. The molecule has 0 radical (unpaired) electrons. The molecular weight excluding hydrogens is 310 g/mol. The lowest BCUT2D eigenvalue weighted by molar-refractivity contribution is -0.120. The van der Waals surface area contributed by atoms with Crippen molar-refractivity contribution in [1.82, 2.24) is 15.5 Å². The smallest absolute Gasteiger partial charge is 0.231 e. The topological polar surface area (TPSA) is 68.0 Å². The van der Waals surface area contributed by atoms with Gasteiger partial charge in [-0.05, 0) is 31.9 Å². The Morgan fingerprint density at radius 2 is 1.96 bits per heavy atom. The minimum absolute atomic E-state index is 0.0138. The van der Waals surface area contributed by atoms with Crippen molar-refractivity contribution in [3.63, 3.8) is 0 Å². The molecule has 1 aromatic carbocycles. The number of hydrogen-bond acceptors (Lipinski definition) is 5. The lowest BCUT2D eigenvalue weighted by Crippen LogP contribution is -2.45. The van der Waals surface area contributed by atoms with Crippen molar-refractivity contribution in [2.45, 2.75) is 50.0 Å². The number of nitrogens with one attached hydrogen (secondary N) is 1. The van der Waals surface area contributed by atoms with Crippen molar-refractivity contribution >= 4 is 17.7 Å². The highest BCUT2D eigenvalue weighted by molar-refractivity contribution is 8.00. The Kier molecular flexibility index (Phi) is 4.71. The highest BCUT2D eigenvalue weighted by Gasteiger charge is 2.41. The van der Waals surface area contributed by atoms with Crippen LogP contribution < -0.4 is 5.32 Å². The quantitative estimate of drug-likeness (QED) is 0.851. The molecule has 1 amide bonds. The SMILES string of the molecule is Cc1ccc(SCC(=O)NC2(c3noc(C)n3)CCCC2)cc1. The molecule has 1 saturated carbocycles. The number of benzene rings is 1. The zero-order valence-corrected chi connectivity index (χ0v) is 14.3. The number of rotatable bonds is 5. The predicted molar refractivity (Wildman–Crippen MR) is 89.2 cm³/mol. The lowest BCUT2D eigenvalue weighted by Gasteiger charge is -2.26. The zero-order valence-electron chi connectivity index (χ0n) is 13.5. The van der Waals surface area contributed by atoms with Crippen LogP contribution in [-0.4, -0.2) is 21.8 Å². The third-order valence-electron chi connectivity index (χ3n) is 4.18. The first-order valence-corrected chi connectivity index (χ1v) is 8.87. The minimum atomic E-state index is -0.456. The third kappa shape index (κ3) is 3.75. The summed E-state index contributed by atoms with van der Waals surface area (Å²) in [5.41, 5.74) is 0.763. The normalized spacial score (nSPS) is 16.4. The fourth-order valence-corrected chi connectivity index (χ4v) is 3.66. The fourth-order valence-electron chi connectivity index (χ4n) is 2.96. The summed E-state index contributed by atoms with van der Waals surface area (Å²) in [5, 5.41) is 7.20. The zero-order chi connectivity index (χ0) is 16.3. The Balaban J connectivity index is 1.64. The maximum Gasteiger partial charge on any atom is 0.231 e. The highest BCUT2D eigenvalue weighted by Crippen LogP contribution is 2.37. The van der Waals surface area contributed by atoms with E-state index in [-0.39, 0.29) is 5.91 Å². The van der Waals surface area contributed by atoms with Crippen LogP contribution in [0, 0.1) is 13.8 Å².